The van der Waals surface area contributed by atoms with Crippen LogP contribution in [0.1, 0.15) is 16.5 Å². The first-order chi connectivity index (χ1) is 7.59. The molecule has 1 aromatic heterocycles. The summed E-state index contributed by atoms with van der Waals surface area (Å²) in [5.41, 5.74) is 1.42. The van der Waals surface area contributed by atoms with E-state index in [1.165, 1.54) is 16.8 Å². The van der Waals surface area contributed by atoms with E-state index in [0.717, 1.165) is 18.2 Å². The Balaban J connectivity index is 2.45. The van der Waals surface area contributed by atoms with Gasteiger partial charge in [-0.15, -0.1) is 11.3 Å². The van der Waals surface area contributed by atoms with Crippen molar-refractivity contribution in [3.8, 4) is 0 Å². The van der Waals surface area contributed by atoms with Crippen molar-refractivity contribution < 1.29 is 13.9 Å². The average molecular weight is 306 g/mol. The summed E-state index contributed by atoms with van der Waals surface area (Å²) in [6.07, 6.45) is -1.21. The molecule has 0 fully saturated rings. The quantitative estimate of drug-likeness (QED) is 0.924. The molecule has 1 N–H and O–H groups in total. The molecule has 0 spiro atoms. The number of aliphatic hydroxyl groups excluding tert-OH is 1. The summed E-state index contributed by atoms with van der Waals surface area (Å²) in [5, 5.41) is 9.90. The van der Waals surface area contributed by atoms with Crippen molar-refractivity contribution >= 4 is 27.3 Å². The lowest BCUT2D eigenvalue weighted by Gasteiger charge is -2.10. The first-order valence-corrected chi connectivity index (χ1v) is 5.98. The summed E-state index contributed by atoms with van der Waals surface area (Å²) in [4.78, 5) is 4.32. The van der Waals surface area contributed by atoms with Crippen molar-refractivity contribution in [3.63, 3.8) is 0 Å². The molecular formula is C10H6BrF2NOS. The van der Waals surface area contributed by atoms with Crippen molar-refractivity contribution in [2.75, 3.05) is 0 Å². The fraction of sp³-hybridized carbons (Fsp3) is 0.100. The second-order valence-electron chi connectivity index (χ2n) is 3.08. The molecule has 6 heteroatoms. The van der Waals surface area contributed by atoms with Gasteiger partial charge in [0.15, 0.2) is 0 Å². The Hall–Kier alpha value is -0.850. The van der Waals surface area contributed by atoms with Crippen molar-refractivity contribution in [1.82, 2.24) is 4.98 Å². The Bertz CT molecular complexity index is 517. The van der Waals surface area contributed by atoms with Gasteiger partial charge in [-0.05, 0) is 34.1 Å². The minimum atomic E-state index is -1.21. The van der Waals surface area contributed by atoms with Crippen molar-refractivity contribution in [2.24, 2.45) is 0 Å². The fourth-order valence-electron chi connectivity index (χ4n) is 1.28. The molecule has 0 aliphatic carbocycles. The number of nitrogens with zero attached hydrogens (tertiary/aromatic N) is 1. The molecule has 0 bridgehead atoms. The lowest BCUT2D eigenvalue weighted by atomic mass is 10.1. The number of rotatable bonds is 2. The number of halogens is 3. The van der Waals surface area contributed by atoms with Gasteiger partial charge in [0.25, 0.3) is 0 Å². The zero-order chi connectivity index (χ0) is 11.7. The SMILES string of the molecule is OC(c1cc(F)ccc1F)c1scnc1Br. The summed E-state index contributed by atoms with van der Waals surface area (Å²) in [6, 6.07) is 2.97. The number of benzene rings is 1. The van der Waals surface area contributed by atoms with E-state index < -0.39 is 17.7 Å². The molecule has 2 rings (SSSR count). The smallest absolute Gasteiger partial charge is 0.129 e. The molecule has 0 aliphatic heterocycles. The summed E-state index contributed by atoms with van der Waals surface area (Å²) in [6.45, 7) is 0. The predicted molar refractivity (Wildman–Crippen MR) is 60.2 cm³/mol. The van der Waals surface area contributed by atoms with Gasteiger partial charge < -0.3 is 5.11 Å². The van der Waals surface area contributed by atoms with E-state index in [1.54, 1.807) is 0 Å². The zero-order valence-corrected chi connectivity index (χ0v) is 10.2. The Morgan fingerprint density at radius 3 is 2.75 bits per heavy atom. The molecule has 1 heterocycles. The molecule has 1 atom stereocenters. The van der Waals surface area contributed by atoms with E-state index in [2.05, 4.69) is 20.9 Å². The van der Waals surface area contributed by atoms with Gasteiger partial charge in [0.2, 0.25) is 0 Å². The Kier molecular flexibility index (Phi) is 3.32. The highest BCUT2D eigenvalue weighted by Gasteiger charge is 2.20. The van der Waals surface area contributed by atoms with Crippen molar-refractivity contribution in [1.29, 1.82) is 0 Å². The molecule has 2 aromatic rings. The van der Waals surface area contributed by atoms with E-state index in [4.69, 9.17) is 0 Å². The molecule has 0 saturated carbocycles. The third-order valence-corrected chi connectivity index (χ3v) is 3.83. The molecule has 16 heavy (non-hydrogen) atoms. The molecule has 0 aliphatic rings. The van der Waals surface area contributed by atoms with Gasteiger partial charge in [0.05, 0.1) is 10.4 Å². The van der Waals surface area contributed by atoms with Crippen LogP contribution in [-0.4, -0.2) is 10.1 Å². The number of hydrogen-bond donors (Lipinski definition) is 1. The topological polar surface area (TPSA) is 33.1 Å². The standard InChI is InChI=1S/C10H6BrF2NOS/c11-10-9(16-4-14-10)8(15)6-3-5(12)1-2-7(6)13/h1-4,8,15H. The first-order valence-electron chi connectivity index (χ1n) is 4.31. The van der Waals surface area contributed by atoms with Gasteiger partial charge in [-0.25, -0.2) is 13.8 Å². The minimum Gasteiger partial charge on any atom is -0.383 e. The van der Waals surface area contributed by atoms with E-state index in [9.17, 15) is 13.9 Å². The van der Waals surface area contributed by atoms with Crippen LogP contribution in [0.4, 0.5) is 8.78 Å². The van der Waals surface area contributed by atoms with Gasteiger partial charge in [-0.3, -0.25) is 0 Å². The number of aliphatic hydroxyl groups is 1. The van der Waals surface area contributed by atoms with Crippen LogP contribution >= 0.6 is 27.3 Å². The van der Waals surface area contributed by atoms with E-state index >= 15 is 0 Å². The van der Waals surface area contributed by atoms with Gasteiger partial charge in [-0.2, -0.15) is 0 Å². The van der Waals surface area contributed by atoms with E-state index in [-0.39, 0.29) is 5.56 Å². The van der Waals surface area contributed by atoms with Crippen LogP contribution in [0.3, 0.4) is 0 Å². The molecule has 2 nitrogen and oxygen atoms in total. The first kappa shape index (κ1) is 11.6. The van der Waals surface area contributed by atoms with Crippen LogP contribution in [0.5, 0.6) is 0 Å². The highest BCUT2D eigenvalue weighted by molar-refractivity contribution is 9.10. The Morgan fingerprint density at radius 1 is 1.38 bits per heavy atom. The van der Waals surface area contributed by atoms with Crippen molar-refractivity contribution in [3.05, 3.63) is 50.4 Å². The molecule has 84 valence electrons. The van der Waals surface area contributed by atoms with Crippen LogP contribution in [0.15, 0.2) is 28.3 Å². The maximum atomic E-state index is 13.4. The molecular weight excluding hydrogens is 300 g/mol. The molecule has 1 unspecified atom stereocenters. The second-order valence-corrected chi connectivity index (χ2v) is 4.71. The lowest BCUT2D eigenvalue weighted by Crippen LogP contribution is -2.02. The maximum absolute atomic E-state index is 13.4. The van der Waals surface area contributed by atoms with Crippen LogP contribution in [-0.2, 0) is 0 Å². The number of aromatic nitrogens is 1. The average Bonchev–Trinajstić information content (AvgIpc) is 2.67. The molecule has 0 radical (unpaired) electrons. The summed E-state index contributed by atoms with van der Waals surface area (Å²) in [5.74, 6) is -1.23. The molecule has 1 aromatic carbocycles. The second kappa shape index (κ2) is 4.57. The summed E-state index contributed by atoms with van der Waals surface area (Å²) >= 11 is 4.30. The number of hydrogen-bond acceptors (Lipinski definition) is 3. The highest BCUT2D eigenvalue weighted by Crippen LogP contribution is 2.32. The van der Waals surface area contributed by atoms with Gasteiger partial charge in [0, 0.05) is 5.56 Å². The fourth-order valence-corrected chi connectivity index (χ4v) is 2.70. The lowest BCUT2D eigenvalue weighted by molar-refractivity contribution is 0.217. The van der Waals surface area contributed by atoms with Crippen molar-refractivity contribution in [2.45, 2.75) is 6.10 Å². The summed E-state index contributed by atoms with van der Waals surface area (Å²) in [7, 11) is 0. The van der Waals surface area contributed by atoms with Crippen LogP contribution in [0, 0.1) is 11.6 Å². The van der Waals surface area contributed by atoms with Crippen LogP contribution in [0.25, 0.3) is 0 Å². The Morgan fingerprint density at radius 2 is 2.12 bits per heavy atom. The molecule has 0 amide bonds. The largest absolute Gasteiger partial charge is 0.383 e. The van der Waals surface area contributed by atoms with Gasteiger partial charge >= 0.3 is 0 Å². The Labute approximate surface area is 103 Å². The third kappa shape index (κ3) is 2.14. The minimum absolute atomic E-state index is 0.0926. The third-order valence-electron chi connectivity index (χ3n) is 2.05. The van der Waals surface area contributed by atoms with Crippen LogP contribution in [0.2, 0.25) is 0 Å². The maximum Gasteiger partial charge on any atom is 0.129 e. The van der Waals surface area contributed by atoms with Gasteiger partial charge in [-0.1, -0.05) is 0 Å². The van der Waals surface area contributed by atoms with Crippen LogP contribution < -0.4 is 0 Å². The normalized spacial score (nSPS) is 12.8. The van der Waals surface area contributed by atoms with E-state index in [1.807, 2.05) is 0 Å². The molecule has 0 saturated heterocycles. The predicted octanol–water partition coefficient (Wildman–Crippen LogP) is 3.27. The zero-order valence-electron chi connectivity index (χ0n) is 7.82. The van der Waals surface area contributed by atoms with Gasteiger partial charge in [0.1, 0.15) is 22.3 Å². The number of thiazole rings is 1. The van der Waals surface area contributed by atoms with E-state index in [0.29, 0.717) is 9.48 Å². The monoisotopic (exact) mass is 305 g/mol. The summed E-state index contributed by atoms with van der Waals surface area (Å²) < 4.78 is 26.8. The highest BCUT2D eigenvalue weighted by atomic mass is 79.9.